The highest BCUT2D eigenvalue weighted by Gasteiger charge is 2.34. The SMILES string of the molecule is COc1cc(-c2ccc3cc(C)c(-c4cnc(N)c(C(F)(F)F)c4)n3n2)ccc1OCCNC(=O)Nc1cccc(C(F)(F)F)c1. The number of rotatable bonds is 8. The number of benzene rings is 2. The zero-order valence-electron chi connectivity index (χ0n) is 24.3. The number of methoxy groups -OCH3 is 1. The number of alkyl halides is 6. The van der Waals surface area contributed by atoms with Crippen molar-refractivity contribution in [2.24, 2.45) is 0 Å². The molecule has 0 radical (unpaired) electrons. The summed E-state index contributed by atoms with van der Waals surface area (Å²) in [6.45, 7) is 1.80. The number of amides is 2. The van der Waals surface area contributed by atoms with Gasteiger partial charge in [-0.3, -0.25) is 0 Å². The summed E-state index contributed by atoms with van der Waals surface area (Å²) in [5.74, 6) is 0.0684. The highest BCUT2D eigenvalue weighted by Crippen LogP contribution is 2.37. The van der Waals surface area contributed by atoms with Crippen LogP contribution >= 0.6 is 0 Å². The maximum Gasteiger partial charge on any atom is 0.419 e. The number of aromatic nitrogens is 3. The Morgan fingerprint density at radius 2 is 1.72 bits per heavy atom. The normalized spacial score (nSPS) is 11.8. The fourth-order valence-electron chi connectivity index (χ4n) is 4.74. The van der Waals surface area contributed by atoms with Crippen molar-refractivity contribution >= 4 is 23.1 Å². The molecule has 3 aromatic heterocycles. The minimum Gasteiger partial charge on any atom is -0.493 e. The molecule has 0 bridgehead atoms. The molecule has 0 unspecified atom stereocenters. The molecular formula is C31H26F6N6O3. The number of pyridine rings is 1. The standard InChI is InChI=1S/C31H26F6N6O3/c1-17-12-22-7-8-24(42-43(22)27(17)19-13-23(31(35,36)37)28(38)40-16-19)18-6-9-25(26(14-18)45-2)46-11-10-39-29(44)41-21-5-3-4-20(15-21)30(32,33)34/h3-9,12-16H,10-11H2,1-2H3,(H2,38,40)(H2,39,41,44). The number of aryl methyl sites for hydroxylation is 1. The van der Waals surface area contributed by atoms with Crippen LogP contribution in [0.1, 0.15) is 16.7 Å². The van der Waals surface area contributed by atoms with Gasteiger partial charge in [0.25, 0.3) is 0 Å². The first-order valence-electron chi connectivity index (χ1n) is 13.6. The van der Waals surface area contributed by atoms with Crippen LogP contribution in [0.25, 0.3) is 28.0 Å². The second kappa shape index (κ2) is 12.5. The van der Waals surface area contributed by atoms with Crippen molar-refractivity contribution in [1.82, 2.24) is 19.9 Å². The average molecular weight is 645 g/mol. The van der Waals surface area contributed by atoms with Crippen molar-refractivity contribution < 1.29 is 40.6 Å². The van der Waals surface area contributed by atoms with Gasteiger partial charge in [-0.05, 0) is 73.2 Å². The molecule has 46 heavy (non-hydrogen) atoms. The van der Waals surface area contributed by atoms with E-state index in [-0.39, 0.29) is 24.4 Å². The zero-order chi connectivity index (χ0) is 33.2. The molecule has 5 rings (SSSR count). The molecule has 0 spiro atoms. The predicted octanol–water partition coefficient (Wildman–Crippen LogP) is 7.20. The molecule has 9 nitrogen and oxygen atoms in total. The summed E-state index contributed by atoms with van der Waals surface area (Å²) in [5.41, 5.74) is 6.60. The van der Waals surface area contributed by atoms with E-state index in [0.29, 0.717) is 39.5 Å². The summed E-state index contributed by atoms with van der Waals surface area (Å²) in [6, 6.07) is 14.8. The van der Waals surface area contributed by atoms with Crippen molar-refractivity contribution in [2.75, 3.05) is 31.3 Å². The molecule has 0 atom stereocenters. The number of ether oxygens (including phenoxy) is 2. The van der Waals surface area contributed by atoms with Crippen LogP contribution in [0.3, 0.4) is 0 Å². The van der Waals surface area contributed by atoms with Crippen LogP contribution in [0, 0.1) is 6.92 Å². The smallest absolute Gasteiger partial charge is 0.419 e. The first kappa shape index (κ1) is 31.9. The Kier molecular flexibility index (Phi) is 8.68. The maximum atomic E-state index is 13.5. The number of halogens is 6. The van der Waals surface area contributed by atoms with E-state index in [1.165, 1.54) is 30.0 Å². The van der Waals surface area contributed by atoms with Gasteiger partial charge in [-0.1, -0.05) is 6.07 Å². The molecule has 0 aliphatic rings. The van der Waals surface area contributed by atoms with E-state index in [2.05, 4.69) is 20.7 Å². The van der Waals surface area contributed by atoms with E-state index in [4.69, 9.17) is 15.2 Å². The molecule has 3 heterocycles. The number of nitrogen functional groups attached to an aromatic ring is 1. The number of carbonyl (C=O) groups is 1. The third-order valence-corrected chi connectivity index (χ3v) is 6.86. The quantitative estimate of drug-likeness (QED) is 0.122. The van der Waals surface area contributed by atoms with Crippen molar-refractivity contribution in [3.05, 3.63) is 89.6 Å². The fourth-order valence-corrected chi connectivity index (χ4v) is 4.74. The lowest BCUT2D eigenvalue weighted by Gasteiger charge is -2.14. The Labute approximate surface area is 258 Å². The summed E-state index contributed by atoms with van der Waals surface area (Å²) < 4.78 is 92.0. The van der Waals surface area contributed by atoms with Crippen LogP contribution in [0.2, 0.25) is 0 Å². The molecule has 2 amide bonds. The molecule has 240 valence electrons. The summed E-state index contributed by atoms with van der Waals surface area (Å²) in [4.78, 5) is 15.9. The third kappa shape index (κ3) is 6.92. The van der Waals surface area contributed by atoms with Crippen LogP contribution in [-0.4, -0.2) is 40.9 Å². The number of fused-ring (bicyclic) bond motifs is 1. The van der Waals surface area contributed by atoms with Gasteiger partial charge in [0.05, 0.1) is 41.7 Å². The first-order chi connectivity index (χ1) is 21.7. The molecule has 0 saturated carbocycles. The van der Waals surface area contributed by atoms with Crippen LogP contribution in [0.4, 0.5) is 42.6 Å². The third-order valence-electron chi connectivity index (χ3n) is 6.86. The number of urea groups is 1. The molecule has 0 saturated heterocycles. The van der Waals surface area contributed by atoms with Gasteiger partial charge in [0.2, 0.25) is 0 Å². The van der Waals surface area contributed by atoms with Gasteiger partial charge in [0.1, 0.15) is 12.4 Å². The van der Waals surface area contributed by atoms with E-state index in [1.54, 1.807) is 43.3 Å². The average Bonchev–Trinajstić information content (AvgIpc) is 3.33. The van der Waals surface area contributed by atoms with Gasteiger partial charge in [-0.15, -0.1) is 0 Å². The lowest BCUT2D eigenvalue weighted by molar-refractivity contribution is -0.138. The lowest BCUT2D eigenvalue weighted by Crippen LogP contribution is -2.32. The largest absolute Gasteiger partial charge is 0.493 e. The van der Waals surface area contributed by atoms with Crippen molar-refractivity contribution in [3.63, 3.8) is 0 Å². The molecule has 0 aliphatic heterocycles. The van der Waals surface area contributed by atoms with Crippen molar-refractivity contribution in [1.29, 1.82) is 0 Å². The van der Waals surface area contributed by atoms with Gasteiger partial charge < -0.3 is 25.8 Å². The molecule has 2 aromatic carbocycles. The molecule has 4 N–H and O–H groups in total. The minimum atomic E-state index is -4.68. The molecule has 5 aromatic rings. The predicted molar refractivity (Wildman–Crippen MR) is 159 cm³/mol. The molecule has 0 fully saturated rings. The minimum absolute atomic E-state index is 0.0114. The molecule has 0 aliphatic carbocycles. The zero-order valence-corrected chi connectivity index (χ0v) is 24.3. The second-order valence-electron chi connectivity index (χ2n) is 10.1. The Balaban J connectivity index is 1.29. The highest BCUT2D eigenvalue weighted by molar-refractivity contribution is 5.89. The summed E-state index contributed by atoms with van der Waals surface area (Å²) in [7, 11) is 1.43. The number of nitrogens with one attached hydrogen (secondary N) is 2. The topological polar surface area (TPSA) is 116 Å². The molecular weight excluding hydrogens is 618 g/mol. The van der Waals surface area contributed by atoms with Crippen LogP contribution < -0.4 is 25.8 Å². The second-order valence-corrected chi connectivity index (χ2v) is 10.1. The number of anilines is 2. The maximum absolute atomic E-state index is 13.5. The van der Waals surface area contributed by atoms with E-state index >= 15 is 0 Å². The number of hydrogen-bond donors (Lipinski definition) is 3. The van der Waals surface area contributed by atoms with Gasteiger partial charge in [0.15, 0.2) is 11.5 Å². The highest BCUT2D eigenvalue weighted by atomic mass is 19.4. The van der Waals surface area contributed by atoms with E-state index in [0.717, 1.165) is 18.2 Å². The number of hydrogen-bond acceptors (Lipinski definition) is 6. The fraction of sp³-hybridized carbons (Fsp3) is 0.194. The van der Waals surface area contributed by atoms with Crippen LogP contribution in [-0.2, 0) is 12.4 Å². The van der Waals surface area contributed by atoms with Crippen molar-refractivity contribution in [2.45, 2.75) is 19.3 Å². The van der Waals surface area contributed by atoms with Gasteiger partial charge in [0, 0.05) is 23.0 Å². The number of nitrogens with zero attached hydrogens (tertiary/aromatic N) is 3. The summed E-state index contributed by atoms with van der Waals surface area (Å²) in [6.07, 6.45) is -7.95. The number of nitrogens with two attached hydrogens (primary N) is 1. The Morgan fingerprint density at radius 3 is 2.43 bits per heavy atom. The van der Waals surface area contributed by atoms with Gasteiger partial charge in [-0.2, -0.15) is 31.4 Å². The summed E-state index contributed by atoms with van der Waals surface area (Å²) in [5, 5.41) is 9.52. The van der Waals surface area contributed by atoms with Crippen LogP contribution in [0.5, 0.6) is 11.5 Å². The van der Waals surface area contributed by atoms with E-state index in [1.807, 2.05) is 0 Å². The monoisotopic (exact) mass is 644 g/mol. The first-order valence-corrected chi connectivity index (χ1v) is 13.6. The van der Waals surface area contributed by atoms with Crippen molar-refractivity contribution in [3.8, 4) is 34.0 Å². The van der Waals surface area contributed by atoms with E-state index in [9.17, 15) is 31.1 Å². The van der Waals surface area contributed by atoms with Gasteiger partial charge >= 0.3 is 18.4 Å². The number of carbonyl (C=O) groups excluding carboxylic acids is 1. The van der Waals surface area contributed by atoms with Crippen LogP contribution in [0.15, 0.2) is 72.9 Å². The van der Waals surface area contributed by atoms with E-state index < -0.39 is 35.3 Å². The Bertz CT molecular complexity index is 1900. The van der Waals surface area contributed by atoms with Gasteiger partial charge in [-0.25, -0.2) is 14.3 Å². The Hall–Kier alpha value is -5.47. The summed E-state index contributed by atoms with van der Waals surface area (Å²) >= 11 is 0. The Morgan fingerprint density at radius 1 is 0.935 bits per heavy atom. The molecule has 15 heteroatoms. The lowest BCUT2D eigenvalue weighted by atomic mass is 10.1.